The van der Waals surface area contributed by atoms with E-state index in [-0.39, 0.29) is 0 Å². The van der Waals surface area contributed by atoms with Crippen LogP contribution in [0.5, 0.6) is 11.5 Å². The fourth-order valence-electron chi connectivity index (χ4n) is 2.56. The number of hydrogen-bond acceptors (Lipinski definition) is 2. The summed E-state index contributed by atoms with van der Waals surface area (Å²) in [6, 6.07) is 40.0. The lowest BCUT2D eigenvalue weighted by Gasteiger charge is -2.04. The molecule has 0 bridgehead atoms. The van der Waals surface area contributed by atoms with Gasteiger partial charge in [-0.3, -0.25) is 0 Å². The van der Waals surface area contributed by atoms with Gasteiger partial charge in [0, 0.05) is 0 Å². The molecule has 0 atom stereocenters. The van der Waals surface area contributed by atoms with E-state index in [4.69, 9.17) is 24.0 Å². The summed E-state index contributed by atoms with van der Waals surface area (Å²) in [5, 5.41) is 0. The molecule has 0 aliphatic rings. The van der Waals surface area contributed by atoms with Crippen molar-refractivity contribution in [2.75, 3.05) is 0 Å². The van der Waals surface area contributed by atoms with Crippen molar-refractivity contribution in [2.24, 2.45) is 0 Å². The molecule has 4 aromatic carbocycles. The van der Waals surface area contributed by atoms with E-state index in [2.05, 4.69) is 30.8 Å². The van der Waals surface area contributed by atoms with Crippen molar-refractivity contribution >= 4 is 13.4 Å². The zero-order valence-corrected chi connectivity index (χ0v) is 18.3. The molecule has 0 unspecified atom stereocenters. The Hall–Kier alpha value is -3.47. The topological polar surface area (TPSA) is 87.0 Å². The van der Waals surface area contributed by atoms with E-state index in [1.807, 2.05) is 97.1 Å². The first-order valence-corrected chi connectivity index (χ1v) is 11.3. The van der Waals surface area contributed by atoms with Crippen LogP contribution in [-0.4, -0.2) is 14.7 Å². The first kappa shape index (κ1) is 24.8. The molecular formula is C26H25O5P. The molecule has 164 valence electrons. The molecule has 0 radical (unpaired) electrons. The van der Waals surface area contributed by atoms with E-state index in [0.29, 0.717) is 0 Å². The number of hydrogen-bond donors (Lipinski definition) is 3. The summed E-state index contributed by atoms with van der Waals surface area (Å²) in [5.74, 6) is 1.74. The van der Waals surface area contributed by atoms with Gasteiger partial charge in [-0.2, -0.15) is 0 Å². The van der Waals surface area contributed by atoms with Gasteiger partial charge in [0.25, 0.3) is 0 Å². The minimum Gasteiger partial charge on any atom is -0.457 e. The van der Waals surface area contributed by atoms with Crippen molar-refractivity contribution < 1.29 is 24.0 Å². The molecule has 4 rings (SSSR count). The first-order valence-electron chi connectivity index (χ1n) is 9.69. The van der Waals surface area contributed by atoms with Crippen LogP contribution in [0.3, 0.4) is 0 Å². The average molecular weight is 448 g/mol. The van der Waals surface area contributed by atoms with E-state index in [0.717, 1.165) is 17.1 Å². The zero-order valence-electron chi connectivity index (χ0n) is 17.4. The van der Waals surface area contributed by atoms with E-state index >= 15 is 0 Å². The van der Waals surface area contributed by atoms with Crippen molar-refractivity contribution in [3.05, 3.63) is 139 Å². The Bertz CT molecular complexity index is 1010. The molecule has 0 amide bonds. The summed E-state index contributed by atoms with van der Waals surface area (Å²) in [6.45, 7) is 4.10. The van der Waals surface area contributed by atoms with Crippen LogP contribution in [0.15, 0.2) is 128 Å². The minimum atomic E-state index is -4.64. The van der Waals surface area contributed by atoms with Crippen molar-refractivity contribution in [3.8, 4) is 11.5 Å². The van der Waals surface area contributed by atoms with Gasteiger partial charge in [-0.15, -0.1) is 0 Å². The number of para-hydroxylation sites is 2. The quantitative estimate of drug-likeness (QED) is 0.319. The Morgan fingerprint density at radius 3 is 1.09 bits per heavy atom. The number of benzene rings is 4. The van der Waals surface area contributed by atoms with E-state index in [9.17, 15) is 0 Å². The van der Waals surface area contributed by atoms with Crippen LogP contribution in [0.4, 0.5) is 0 Å². The Morgan fingerprint density at radius 1 is 0.562 bits per heavy atom. The Morgan fingerprint density at radius 2 is 0.812 bits per heavy atom. The third-order valence-electron chi connectivity index (χ3n) is 3.97. The van der Waals surface area contributed by atoms with Gasteiger partial charge in [0.1, 0.15) is 11.5 Å². The molecule has 3 N–H and O–H groups in total. The van der Waals surface area contributed by atoms with Gasteiger partial charge in [-0.05, 0) is 41.0 Å². The summed E-state index contributed by atoms with van der Waals surface area (Å²) >= 11 is 0. The van der Waals surface area contributed by atoms with Gasteiger partial charge in [0.05, 0.1) is 0 Å². The molecule has 5 nitrogen and oxygen atoms in total. The summed E-state index contributed by atoms with van der Waals surface area (Å²) in [4.78, 5) is 21.6. The largest absolute Gasteiger partial charge is 0.466 e. The van der Waals surface area contributed by atoms with Crippen LogP contribution in [0.2, 0.25) is 0 Å². The average Bonchev–Trinajstić information content (AvgIpc) is 2.80. The molecule has 0 heterocycles. The summed E-state index contributed by atoms with van der Waals surface area (Å²) < 4.78 is 14.5. The van der Waals surface area contributed by atoms with Crippen LogP contribution in [0.1, 0.15) is 11.1 Å². The molecule has 0 aliphatic carbocycles. The lowest BCUT2D eigenvalue weighted by atomic mass is 10.0. The molecule has 0 aliphatic heterocycles. The maximum absolute atomic E-state index is 8.88. The van der Waals surface area contributed by atoms with Crippen LogP contribution < -0.4 is 4.74 Å². The minimum absolute atomic E-state index is 0.869. The first-order chi connectivity index (χ1) is 15.3. The second-order valence-corrected chi connectivity index (χ2v) is 7.48. The standard InChI is InChI=1S/C14H12.C12H10O.H3O4P/c1-12(13-8-4-2-5-9-13)14-10-6-3-7-11-14;1-3-7-11(8-4-1)13-12-9-5-2-6-10-12;1-5(2,3)4/h2-11H,1H2;1-10H;(H3,1,2,3,4). The molecule has 0 saturated heterocycles. The maximum Gasteiger partial charge on any atom is 0.466 e. The van der Waals surface area contributed by atoms with Crippen molar-refractivity contribution in [2.45, 2.75) is 0 Å². The van der Waals surface area contributed by atoms with Crippen LogP contribution in [0.25, 0.3) is 5.57 Å². The van der Waals surface area contributed by atoms with Gasteiger partial charge in [0.15, 0.2) is 0 Å². The Labute approximate surface area is 188 Å². The Kier molecular flexibility index (Phi) is 10.1. The highest BCUT2D eigenvalue weighted by Crippen LogP contribution is 2.26. The monoisotopic (exact) mass is 448 g/mol. The van der Waals surface area contributed by atoms with E-state index in [1.54, 1.807) is 0 Å². The van der Waals surface area contributed by atoms with Crippen molar-refractivity contribution in [3.63, 3.8) is 0 Å². The SMILES string of the molecule is C=C(c1ccccc1)c1ccccc1.O=P(O)(O)O.c1ccc(Oc2ccccc2)cc1. The van der Waals surface area contributed by atoms with E-state index in [1.165, 1.54) is 11.1 Å². The molecule has 0 saturated carbocycles. The van der Waals surface area contributed by atoms with Crippen molar-refractivity contribution in [1.82, 2.24) is 0 Å². The van der Waals surface area contributed by atoms with Gasteiger partial charge in [-0.1, -0.05) is 104 Å². The fourth-order valence-corrected chi connectivity index (χ4v) is 2.56. The third kappa shape index (κ3) is 10.5. The van der Waals surface area contributed by atoms with E-state index < -0.39 is 7.82 Å². The molecule has 0 aromatic heterocycles. The molecule has 4 aromatic rings. The van der Waals surface area contributed by atoms with Crippen LogP contribution >= 0.6 is 7.82 Å². The second-order valence-electron chi connectivity index (χ2n) is 6.45. The zero-order chi connectivity index (χ0) is 23.2. The fraction of sp³-hybridized carbons (Fsp3) is 0. The third-order valence-corrected chi connectivity index (χ3v) is 3.97. The van der Waals surface area contributed by atoms with Gasteiger partial charge in [0.2, 0.25) is 0 Å². The second kappa shape index (κ2) is 13.1. The predicted octanol–water partition coefficient (Wildman–Crippen LogP) is 6.30. The maximum atomic E-state index is 8.88. The molecule has 6 heteroatoms. The number of ether oxygens (including phenoxy) is 1. The molecule has 0 spiro atoms. The van der Waals surface area contributed by atoms with Gasteiger partial charge < -0.3 is 19.4 Å². The van der Waals surface area contributed by atoms with Crippen LogP contribution in [-0.2, 0) is 4.57 Å². The lowest BCUT2D eigenvalue weighted by Crippen LogP contribution is -1.84. The number of rotatable bonds is 4. The highest BCUT2D eigenvalue weighted by Gasteiger charge is 2.00. The van der Waals surface area contributed by atoms with Gasteiger partial charge in [-0.25, -0.2) is 4.57 Å². The summed E-state index contributed by atoms with van der Waals surface area (Å²) in [6.07, 6.45) is 0. The molecular weight excluding hydrogens is 423 g/mol. The molecule has 32 heavy (non-hydrogen) atoms. The normalized spacial score (nSPS) is 9.97. The number of phosphoric acid groups is 1. The summed E-state index contributed by atoms with van der Waals surface area (Å²) in [7, 11) is -4.64. The lowest BCUT2D eigenvalue weighted by molar-refractivity contribution is 0.275. The highest BCUT2D eigenvalue weighted by atomic mass is 31.2. The predicted molar refractivity (Wildman–Crippen MR) is 128 cm³/mol. The van der Waals surface area contributed by atoms with Gasteiger partial charge >= 0.3 is 7.82 Å². The molecule has 0 fully saturated rings. The highest BCUT2D eigenvalue weighted by molar-refractivity contribution is 7.45. The smallest absolute Gasteiger partial charge is 0.457 e. The summed E-state index contributed by atoms with van der Waals surface area (Å²) in [5.41, 5.74) is 3.43. The van der Waals surface area contributed by atoms with Crippen LogP contribution in [0, 0.1) is 0 Å². The Balaban J connectivity index is 0.000000189. The van der Waals surface area contributed by atoms with Crippen molar-refractivity contribution in [1.29, 1.82) is 0 Å².